The number of nitrogens with one attached hydrogen (secondary N) is 1. The molecular formula is C15H23N5O5. The normalized spacial score (nSPS) is 18.2. The number of esters is 1. The van der Waals surface area contributed by atoms with E-state index in [1.54, 1.807) is 24.0 Å². The second-order valence-electron chi connectivity index (χ2n) is 5.94. The first-order valence-corrected chi connectivity index (χ1v) is 8.07. The number of carbonyl (C=O) groups is 1. The van der Waals surface area contributed by atoms with Crippen molar-refractivity contribution in [2.45, 2.75) is 33.4 Å². The third-order valence-electron chi connectivity index (χ3n) is 3.75. The van der Waals surface area contributed by atoms with Crippen LogP contribution in [-0.2, 0) is 16.1 Å². The second-order valence-corrected chi connectivity index (χ2v) is 5.94. The highest BCUT2D eigenvalue weighted by molar-refractivity contribution is 5.80. The standard InChI is InChI=1S/C15H23N5O5/c1-4-24-14(21)13(11(2)3)19-9-16-15(17-20(22)23)18(10-19)8-12-6-5-7-25-12/h5-7,11,13H,4,8-10H2,1-3H3,(H,16,17). The molecule has 2 rings (SSSR count). The Balaban J connectivity index is 2.19. The van der Waals surface area contributed by atoms with Crippen LogP contribution in [0.1, 0.15) is 26.5 Å². The van der Waals surface area contributed by atoms with Crippen molar-refractivity contribution in [3.8, 4) is 0 Å². The van der Waals surface area contributed by atoms with E-state index in [-0.39, 0.29) is 37.7 Å². The van der Waals surface area contributed by atoms with Gasteiger partial charge in [-0.25, -0.2) is 10.1 Å². The molecule has 1 saturated heterocycles. The summed E-state index contributed by atoms with van der Waals surface area (Å²) in [5.74, 6) is 0.466. The number of ether oxygens (including phenoxy) is 1. The number of nitro groups is 1. The minimum atomic E-state index is -0.752. The summed E-state index contributed by atoms with van der Waals surface area (Å²) in [4.78, 5) is 26.6. The predicted octanol–water partition coefficient (Wildman–Crippen LogP) is 1.04. The zero-order chi connectivity index (χ0) is 18.4. The first-order valence-electron chi connectivity index (χ1n) is 8.07. The molecule has 1 N–H and O–H groups in total. The quantitative estimate of drug-likeness (QED) is 0.439. The van der Waals surface area contributed by atoms with E-state index < -0.39 is 11.1 Å². The van der Waals surface area contributed by atoms with Crippen LogP contribution in [0.15, 0.2) is 27.9 Å². The Morgan fingerprint density at radius 2 is 2.32 bits per heavy atom. The number of guanidine groups is 1. The fourth-order valence-electron chi connectivity index (χ4n) is 2.77. The number of rotatable bonds is 7. The Morgan fingerprint density at radius 3 is 2.88 bits per heavy atom. The molecule has 0 radical (unpaired) electrons. The molecule has 0 saturated carbocycles. The number of furan rings is 1. The van der Waals surface area contributed by atoms with E-state index >= 15 is 0 Å². The molecule has 0 bridgehead atoms. The van der Waals surface area contributed by atoms with Gasteiger partial charge in [0, 0.05) is 0 Å². The van der Waals surface area contributed by atoms with Crippen molar-refractivity contribution in [3.05, 3.63) is 34.3 Å². The van der Waals surface area contributed by atoms with E-state index in [0.29, 0.717) is 12.4 Å². The minimum absolute atomic E-state index is 0.0142. The van der Waals surface area contributed by atoms with E-state index in [9.17, 15) is 14.9 Å². The van der Waals surface area contributed by atoms with Gasteiger partial charge in [0.05, 0.1) is 32.8 Å². The van der Waals surface area contributed by atoms with Gasteiger partial charge >= 0.3 is 5.97 Å². The molecule has 10 heteroatoms. The van der Waals surface area contributed by atoms with Crippen molar-refractivity contribution in [1.82, 2.24) is 15.1 Å². The van der Waals surface area contributed by atoms with Crippen LogP contribution in [0.25, 0.3) is 0 Å². The lowest BCUT2D eigenvalue weighted by molar-refractivity contribution is -0.486. The topological polar surface area (TPSA) is 113 Å². The number of carbonyl (C=O) groups excluding carboxylic acids is 1. The van der Waals surface area contributed by atoms with Gasteiger partial charge in [-0.1, -0.05) is 13.8 Å². The summed E-state index contributed by atoms with van der Waals surface area (Å²) >= 11 is 0. The molecule has 138 valence electrons. The maximum atomic E-state index is 12.3. The van der Waals surface area contributed by atoms with Gasteiger partial charge in [0.1, 0.15) is 16.9 Å². The summed E-state index contributed by atoms with van der Waals surface area (Å²) < 4.78 is 10.5. The van der Waals surface area contributed by atoms with Gasteiger partial charge in [0.2, 0.25) is 0 Å². The van der Waals surface area contributed by atoms with Gasteiger partial charge < -0.3 is 19.4 Å². The lowest BCUT2D eigenvalue weighted by Crippen LogP contribution is -2.61. The first-order chi connectivity index (χ1) is 11.9. The molecule has 0 aliphatic carbocycles. The van der Waals surface area contributed by atoms with Gasteiger partial charge in [0.15, 0.2) is 5.03 Å². The van der Waals surface area contributed by atoms with Gasteiger partial charge in [-0.2, -0.15) is 0 Å². The fraction of sp³-hybridized carbons (Fsp3) is 0.600. The third kappa shape index (κ3) is 4.92. The van der Waals surface area contributed by atoms with Crippen molar-refractivity contribution < 1.29 is 19.0 Å². The van der Waals surface area contributed by atoms with Crippen molar-refractivity contribution in [1.29, 1.82) is 0 Å². The lowest BCUT2D eigenvalue weighted by Gasteiger charge is -2.41. The molecule has 1 aromatic rings. The van der Waals surface area contributed by atoms with E-state index in [4.69, 9.17) is 9.15 Å². The minimum Gasteiger partial charge on any atom is -0.467 e. The summed E-state index contributed by atoms with van der Waals surface area (Å²) in [5, 5.41) is 16.3. The van der Waals surface area contributed by atoms with E-state index in [1.807, 2.05) is 18.7 Å². The molecule has 1 aliphatic heterocycles. The molecule has 0 amide bonds. The number of hydrazone groups is 1. The first kappa shape index (κ1) is 18.7. The van der Waals surface area contributed by atoms with Gasteiger partial charge in [-0.15, -0.1) is 0 Å². The van der Waals surface area contributed by atoms with Crippen molar-refractivity contribution in [2.24, 2.45) is 11.0 Å². The van der Waals surface area contributed by atoms with Crippen molar-refractivity contribution in [3.63, 3.8) is 0 Å². The smallest absolute Gasteiger partial charge is 0.323 e. The number of hydrogen-bond donors (Lipinski definition) is 1. The molecule has 1 aliphatic rings. The summed E-state index contributed by atoms with van der Waals surface area (Å²) in [5.41, 5.74) is 0. The van der Waals surface area contributed by atoms with Crippen LogP contribution < -0.4 is 5.32 Å². The summed E-state index contributed by atoms with van der Waals surface area (Å²) in [6.07, 6.45) is 1.53. The zero-order valence-electron chi connectivity index (χ0n) is 14.5. The Labute approximate surface area is 145 Å². The molecule has 2 heterocycles. The highest BCUT2D eigenvalue weighted by atomic mass is 16.7. The van der Waals surface area contributed by atoms with E-state index in [2.05, 4.69) is 10.4 Å². The molecule has 1 atom stereocenters. The largest absolute Gasteiger partial charge is 0.467 e. The summed E-state index contributed by atoms with van der Waals surface area (Å²) in [7, 11) is 0. The summed E-state index contributed by atoms with van der Waals surface area (Å²) in [6.45, 7) is 6.74. The SMILES string of the molecule is CCOC(=O)C(C(C)C)N1CN/C(=N\[N+](=O)[O-])N(Cc2ccco2)C1. The van der Waals surface area contributed by atoms with Gasteiger partial charge in [0.25, 0.3) is 5.96 Å². The Kier molecular flexibility index (Phi) is 6.34. The van der Waals surface area contributed by atoms with Crippen LogP contribution in [0, 0.1) is 16.0 Å². The molecule has 1 unspecified atom stereocenters. The number of hydrogen-bond acceptors (Lipinski definition) is 6. The van der Waals surface area contributed by atoms with E-state index in [0.717, 1.165) is 0 Å². The van der Waals surface area contributed by atoms with Gasteiger partial charge in [-0.05, 0) is 25.0 Å². The van der Waals surface area contributed by atoms with Crippen LogP contribution in [0.5, 0.6) is 0 Å². The van der Waals surface area contributed by atoms with Crippen LogP contribution in [-0.4, -0.2) is 52.7 Å². The van der Waals surface area contributed by atoms with Crippen LogP contribution in [0.4, 0.5) is 0 Å². The van der Waals surface area contributed by atoms with Crippen LogP contribution >= 0.6 is 0 Å². The highest BCUT2D eigenvalue weighted by Crippen LogP contribution is 2.17. The molecule has 25 heavy (non-hydrogen) atoms. The lowest BCUT2D eigenvalue weighted by atomic mass is 10.0. The molecule has 1 aromatic heterocycles. The maximum absolute atomic E-state index is 12.3. The van der Waals surface area contributed by atoms with Crippen LogP contribution in [0.3, 0.4) is 0 Å². The monoisotopic (exact) mass is 353 g/mol. The second kappa shape index (κ2) is 8.47. The fourth-order valence-corrected chi connectivity index (χ4v) is 2.77. The van der Waals surface area contributed by atoms with Crippen LogP contribution in [0.2, 0.25) is 0 Å². The zero-order valence-corrected chi connectivity index (χ0v) is 14.5. The Hall–Kier alpha value is -2.62. The van der Waals surface area contributed by atoms with Crippen molar-refractivity contribution >= 4 is 11.9 Å². The molecule has 1 fully saturated rings. The molecule has 10 nitrogen and oxygen atoms in total. The number of nitrogens with zero attached hydrogens (tertiary/aromatic N) is 4. The predicted molar refractivity (Wildman–Crippen MR) is 88.6 cm³/mol. The van der Waals surface area contributed by atoms with E-state index in [1.165, 1.54) is 6.26 Å². The average Bonchev–Trinajstić information content (AvgIpc) is 3.02. The molecule has 0 spiro atoms. The maximum Gasteiger partial charge on any atom is 0.323 e. The summed E-state index contributed by atoms with van der Waals surface area (Å²) in [6, 6.07) is 3.04. The average molecular weight is 353 g/mol. The Morgan fingerprint density at radius 1 is 1.56 bits per heavy atom. The third-order valence-corrected chi connectivity index (χ3v) is 3.75. The molecular weight excluding hydrogens is 330 g/mol. The highest BCUT2D eigenvalue weighted by Gasteiger charge is 2.35. The van der Waals surface area contributed by atoms with Crippen molar-refractivity contribution in [2.75, 3.05) is 19.9 Å². The Bertz CT molecular complexity index is 616. The molecule has 0 aromatic carbocycles. The van der Waals surface area contributed by atoms with Gasteiger partial charge in [-0.3, -0.25) is 9.69 Å².